The molecule has 0 unspecified atom stereocenters. The zero-order chi connectivity index (χ0) is 17.5. The van der Waals surface area contributed by atoms with E-state index in [1.807, 2.05) is 0 Å². The number of rotatable bonds is 5. The topological polar surface area (TPSA) is 79.8 Å². The van der Waals surface area contributed by atoms with E-state index < -0.39 is 30.3 Å². The van der Waals surface area contributed by atoms with Gasteiger partial charge >= 0.3 is 18.2 Å². The van der Waals surface area contributed by atoms with Gasteiger partial charge in [-0.15, -0.1) is 0 Å². The second-order valence-corrected chi connectivity index (χ2v) is 4.55. The summed E-state index contributed by atoms with van der Waals surface area (Å²) in [5, 5.41) is 5.62. The van der Waals surface area contributed by atoms with Crippen molar-refractivity contribution in [1.82, 2.24) is 5.43 Å². The Morgan fingerprint density at radius 2 is 1.87 bits per heavy atom. The van der Waals surface area contributed by atoms with Gasteiger partial charge in [-0.05, 0) is 31.2 Å². The molecule has 0 bridgehead atoms. The highest BCUT2D eigenvalue weighted by molar-refractivity contribution is 6.30. The highest BCUT2D eigenvalue weighted by Crippen LogP contribution is 2.19. The third kappa shape index (κ3) is 7.00. The molecule has 0 saturated heterocycles. The highest BCUT2D eigenvalue weighted by atomic mass is 35.5. The van der Waals surface area contributed by atoms with Crippen molar-refractivity contribution in [1.29, 1.82) is 0 Å². The minimum absolute atomic E-state index is 0.0611. The van der Waals surface area contributed by atoms with Gasteiger partial charge in [-0.25, -0.2) is 10.2 Å². The molecule has 23 heavy (non-hydrogen) atoms. The lowest BCUT2D eigenvalue weighted by atomic mass is 10.2. The SMILES string of the molecule is CCOC(=O)C/C(=N/NC(=O)Nc1ccc(Cl)cc1)C(F)(F)F. The predicted molar refractivity (Wildman–Crippen MR) is 78.3 cm³/mol. The number of nitrogens with one attached hydrogen (secondary N) is 2. The Labute approximate surface area is 134 Å². The molecule has 0 fully saturated rings. The van der Waals surface area contributed by atoms with Crippen molar-refractivity contribution >= 4 is 35.0 Å². The number of halogens is 4. The summed E-state index contributed by atoms with van der Waals surface area (Å²) < 4.78 is 42.6. The molecule has 0 aliphatic rings. The maximum atomic E-state index is 12.7. The van der Waals surface area contributed by atoms with E-state index >= 15 is 0 Å². The first-order chi connectivity index (χ1) is 10.7. The summed E-state index contributed by atoms with van der Waals surface area (Å²) in [6.45, 7) is 1.40. The Morgan fingerprint density at radius 1 is 1.26 bits per heavy atom. The number of urea groups is 1. The number of esters is 1. The Hall–Kier alpha value is -2.29. The molecule has 0 aromatic heterocycles. The Bertz CT molecular complexity index is 588. The van der Waals surface area contributed by atoms with E-state index in [4.69, 9.17) is 11.6 Å². The first-order valence-electron chi connectivity index (χ1n) is 6.34. The van der Waals surface area contributed by atoms with E-state index in [1.165, 1.54) is 31.2 Å². The Morgan fingerprint density at radius 3 is 2.39 bits per heavy atom. The van der Waals surface area contributed by atoms with Crippen LogP contribution in [0.3, 0.4) is 0 Å². The summed E-state index contributed by atoms with van der Waals surface area (Å²) in [7, 11) is 0. The number of carbonyl (C=O) groups is 2. The van der Waals surface area contributed by atoms with E-state index in [1.54, 1.807) is 5.43 Å². The van der Waals surface area contributed by atoms with Crippen molar-refractivity contribution in [3.05, 3.63) is 29.3 Å². The number of alkyl halides is 3. The lowest BCUT2D eigenvalue weighted by Gasteiger charge is -2.10. The molecule has 2 amide bonds. The maximum Gasteiger partial charge on any atom is 0.431 e. The molecular weight excluding hydrogens is 339 g/mol. The average molecular weight is 352 g/mol. The van der Waals surface area contributed by atoms with Gasteiger partial charge in [-0.3, -0.25) is 4.79 Å². The van der Waals surface area contributed by atoms with E-state index in [-0.39, 0.29) is 6.61 Å². The molecule has 6 nitrogen and oxygen atoms in total. The molecule has 0 atom stereocenters. The first kappa shape index (κ1) is 18.8. The summed E-state index contributed by atoms with van der Waals surface area (Å²) >= 11 is 5.66. The van der Waals surface area contributed by atoms with Gasteiger partial charge in [0.05, 0.1) is 13.0 Å². The maximum absolute atomic E-state index is 12.7. The highest BCUT2D eigenvalue weighted by Gasteiger charge is 2.37. The van der Waals surface area contributed by atoms with Gasteiger partial charge in [0, 0.05) is 10.7 Å². The van der Waals surface area contributed by atoms with E-state index in [0.29, 0.717) is 10.7 Å². The molecule has 0 saturated carbocycles. The standard InChI is InChI=1S/C13H13ClF3N3O3/c1-2-23-11(21)7-10(13(15,16)17)19-20-12(22)18-9-5-3-8(14)4-6-9/h3-6H,2,7H2,1H3,(H2,18,20,22)/b19-10-. The third-order valence-corrected chi connectivity index (χ3v) is 2.59. The van der Waals surface area contributed by atoms with Gasteiger partial charge in [0.25, 0.3) is 0 Å². The number of hydrazone groups is 1. The summed E-state index contributed by atoms with van der Waals surface area (Å²) in [5.74, 6) is -1.09. The van der Waals surface area contributed by atoms with Crippen molar-refractivity contribution < 1.29 is 27.5 Å². The summed E-state index contributed by atoms with van der Waals surface area (Å²) in [6.07, 6.45) is -5.97. The van der Waals surface area contributed by atoms with Crippen LogP contribution in [-0.2, 0) is 9.53 Å². The van der Waals surface area contributed by atoms with Crippen LogP contribution in [0.25, 0.3) is 0 Å². The van der Waals surface area contributed by atoms with Gasteiger partial charge in [-0.2, -0.15) is 18.3 Å². The van der Waals surface area contributed by atoms with Crippen LogP contribution >= 0.6 is 11.6 Å². The van der Waals surface area contributed by atoms with E-state index in [9.17, 15) is 22.8 Å². The molecule has 10 heteroatoms. The number of hydrogen-bond acceptors (Lipinski definition) is 4. The van der Waals surface area contributed by atoms with Gasteiger partial charge in [0.2, 0.25) is 0 Å². The average Bonchev–Trinajstić information content (AvgIpc) is 2.45. The van der Waals surface area contributed by atoms with Gasteiger partial charge < -0.3 is 10.1 Å². The van der Waals surface area contributed by atoms with Crippen molar-refractivity contribution in [2.45, 2.75) is 19.5 Å². The molecule has 0 aliphatic heterocycles. The number of carbonyl (C=O) groups excluding carboxylic acids is 2. The van der Waals surface area contributed by atoms with Gasteiger partial charge in [0.15, 0.2) is 5.71 Å². The molecule has 2 N–H and O–H groups in total. The van der Waals surface area contributed by atoms with Gasteiger partial charge in [-0.1, -0.05) is 11.6 Å². The fourth-order valence-electron chi connectivity index (χ4n) is 1.36. The number of nitrogens with zero attached hydrogens (tertiary/aromatic N) is 1. The second kappa shape index (κ2) is 8.37. The molecule has 1 rings (SSSR count). The van der Waals surface area contributed by atoms with Crippen LogP contribution in [0, 0.1) is 0 Å². The normalized spacial score (nSPS) is 11.8. The smallest absolute Gasteiger partial charge is 0.431 e. The molecule has 126 valence electrons. The van der Waals surface area contributed by atoms with Gasteiger partial charge in [0.1, 0.15) is 0 Å². The molecule has 0 radical (unpaired) electrons. The van der Waals surface area contributed by atoms with Crippen LogP contribution in [0.4, 0.5) is 23.7 Å². The fourth-order valence-corrected chi connectivity index (χ4v) is 1.49. The van der Waals surface area contributed by atoms with E-state index in [2.05, 4.69) is 15.2 Å². The van der Waals surface area contributed by atoms with Crippen molar-refractivity contribution in [2.24, 2.45) is 5.10 Å². The zero-order valence-corrected chi connectivity index (χ0v) is 12.7. The molecule has 0 heterocycles. The molecule has 1 aromatic carbocycles. The summed E-state index contributed by atoms with van der Waals surface area (Å²) in [6, 6.07) is 4.88. The number of ether oxygens (including phenoxy) is 1. The van der Waals surface area contributed by atoms with Crippen molar-refractivity contribution in [2.75, 3.05) is 11.9 Å². The molecular formula is C13H13ClF3N3O3. The Kier molecular flexibility index (Phi) is 6.83. The number of hydrogen-bond donors (Lipinski definition) is 2. The van der Waals surface area contributed by atoms with Crippen LogP contribution < -0.4 is 10.7 Å². The zero-order valence-electron chi connectivity index (χ0n) is 11.9. The summed E-state index contributed by atoms with van der Waals surface area (Å²) in [5.41, 5.74) is 0.513. The van der Waals surface area contributed by atoms with Crippen LogP contribution in [0.2, 0.25) is 5.02 Å². The Balaban J connectivity index is 2.70. The molecule has 1 aromatic rings. The fraction of sp³-hybridized carbons (Fsp3) is 0.308. The van der Waals surface area contributed by atoms with E-state index in [0.717, 1.165) is 0 Å². The third-order valence-electron chi connectivity index (χ3n) is 2.34. The minimum atomic E-state index is -4.87. The van der Waals surface area contributed by atoms with Crippen LogP contribution in [0.1, 0.15) is 13.3 Å². The van der Waals surface area contributed by atoms with Crippen molar-refractivity contribution in [3.63, 3.8) is 0 Å². The number of amides is 2. The molecule has 0 spiro atoms. The molecule has 0 aliphatic carbocycles. The lowest BCUT2D eigenvalue weighted by molar-refractivity contribution is -0.142. The van der Waals surface area contributed by atoms with Crippen LogP contribution in [0.5, 0.6) is 0 Å². The second-order valence-electron chi connectivity index (χ2n) is 4.11. The van der Waals surface area contributed by atoms with Crippen LogP contribution in [0.15, 0.2) is 29.4 Å². The van der Waals surface area contributed by atoms with Crippen LogP contribution in [-0.4, -0.2) is 30.5 Å². The lowest BCUT2D eigenvalue weighted by Crippen LogP contribution is -2.32. The van der Waals surface area contributed by atoms with Crippen molar-refractivity contribution in [3.8, 4) is 0 Å². The minimum Gasteiger partial charge on any atom is -0.466 e. The quantitative estimate of drug-likeness (QED) is 0.485. The number of benzene rings is 1. The number of anilines is 1. The monoisotopic (exact) mass is 351 g/mol. The largest absolute Gasteiger partial charge is 0.466 e. The first-order valence-corrected chi connectivity index (χ1v) is 6.72. The predicted octanol–water partition coefficient (Wildman–Crippen LogP) is 3.33. The summed E-state index contributed by atoms with van der Waals surface area (Å²) in [4.78, 5) is 22.6.